The van der Waals surface area contributed by atoms with Crippen LogP contribution >= 0.6 is 0 Å². The van der Waals surface area contributed by atoms with E-state index in [4.69, 9.17) is 14.7 Å². The van der Waals surface area contributed by atoms with Crippen molar-refractivity contribution in [2.45, 2.75) is 22.5 Å². The minimum atomic E-state index is -4.09. The summed E-state index contributed by atoms with van der Waals surface area (Å²) in [7, 11) is -0.255. The first-order valence-electron chi connectivity index (χ1n) is 10.8. The van der Waals surface area contributed by atoms with Crippen LogP contribution in [0.5, 0.6) is 5.75 Å². The van der Waals surface area contributed by atoms with Crippen molar-refractivity contribution in [3.05, 3.63) is 54.1 Å². The normalized spacial score (nSPS) is 15.3. The Bertz CT molecular complexity index is 1090. The Hall–Kier alpha value is -3.15. The zero-order valence-corrected chi connectivity index (χ0v) is 19.9. The summed E-state index contributed by atoms with van der Waals surface area (Å²) in [5.41, 5.74) is 3.02. The number of rotatable bonds is 9. The first-order valence-corrected chi connectivity index (χ1v) is 12.2. The van der Waals surface area contributed by atoms with Gasteiger partial charge in [0.2, 0.25) is 0 Å². The molecule has 0 atom stereocenters. The highest BCUT2D eigenvalue weighted by atomic mass is 32.2. The van der Waals surface area contributed by atoms with E-state index in [-0.39, 0.29) is 50.0 Å². The van der Waals surface area contributed by atoms with Crippen LogP contribution in [0, 0.1) is 0 Å². The second-order valence-corrected chi connectivity index (χ2v) is 10.3. The Morgan fingerprint density at radius 2 is 1.68 bits per heavy atom. The van der Waals surface area contributed by atoms with Crippen LogP contribution in [0.4, 0.5) is 5.69 Å². The summed E-state index contributed by atoms with van der Waals surface area (Å²) < 4.78 is 35.5. The van der Waals surface area contributed by atoms with Crippen molar-refractivity contribution in [3.8, 4) is 5.75 Å². The van der Waals surface area contributed by atoms with Gasteiger partial charge in [-0.15, -0.1) is 0 Å². The van der Waals surface area contributed by atoms with Crippen LogP contribution in [0.3, 0.4) is 0 Å². The molecule has 0 aliphatic carbocycles. The van der Waals surface area contributed by atoms with Crippen molar-refractivity contribution in [2.24, 2.45) is 0 Å². The van der Waals surface area contributed by atoms with Gasteiger partial charge in [-0.05, 0) is 61.4 Å². The number of ether oxygens (including phenoxy) is 2. The highest BCUT2D eigenvalue weighted by Crippen LogP contribution is 2.35. The number of hydrogen-bond acceptors (Lipinski definition) is 8. The summed E-state index contributed by atoms with van der Waals surface area (Å²) in [4.78, 5) is 26.4. The van der Waals surface area contributed by atoms with Gasteiger partial charge in [-0.2, -0.15) is 0 Å². The van der Waals surface area contributed by atoms with E-state index in [1.54, 1.807) is 12.1 Å². The number of anilines is 1. The lowest BCUT2D eigenvalue weighted by Crippen LogP contribution is -2.54. The molecule has 1 fully saturated rings. The van der Waals surface area contributed by atoms with Crippen LogP contribution in [0.1, 0.15) is 23.2 Å². The van der Waals surface area contributed by atoms with Crippen molar-refractivity contribution in [1.29, 1.82) is 0 Å². The van der Waals surface area contributed by atoms with E-state index in [0.717, 1.165) is 5.69 Å². The zero-order valence-electron chi connectivity index (χ0n) is 19.1. The van der Waals surface area contributed by atoms with Gasteiger partial charge in [0.15, 0.2) is 14.6 Å². The molecule has 1 heterocycles. The first kappa shape index (κ1) is 25.5. The average Bonchev–Trinajstić information content (AvgIpc) is 2.86. The standard InChI is InChI=1S/C23H29N3O7S/c1-26(2)18-5-3-17(4-6-18)21(27)24-13-16-33-19-7-9-20(10-8-19)34(30,31)23(22(28)25-29)11-14-32-15-12-23/h3-10,29H,11-16H2,1-2H3,(H,24,27)(H,25,28). The zero-order chi connectivity index (χ0) is 24.8. The smallest absolute Gasteiger partial charge is 0.265 e. The summed E-state index contributed by atoms with van der Waals surface area (Å²) in [5, 5.41) is 11.9. The van der Waals surface area contributed by atoms with Crippen LogP contribution in [-0.2, 0) is 19.4 Å². The van der Waals surface area contributed by atoms with Gasteiger partial charge in [-0.3, -0.25) is 14.8 Å². The van der Waals surface area contributed by atoms with E-state index in [1.165, 1.54) is 29.7 Å². The number of carbonyl (C=O) groups is 2. The molecule has 3 N–H and O–H groups in total. The molecule has 0 saturated carbocycles. The SMILES string of the molecule is CN(C)c1ccc(C(=O)NCCOc2ccc(S(=O)(=O)C3(C(=O)NO)CCOCC3)cc2)cc1. The summed E-state index contributed by atoms with van der Waals surface area (Å²) in [5.74, 6) is -0.779. The summed E-state index contributed by atoms with van der Waals surface area (Å²) in [6.07, 6.45) is -0.116. The minimum absolute atomic E-state index is 0.0557. The number of nitrogens with one attached hydrogen (secondary N) is 2. The van der Waals surface area contributed by atoms with Gasteiger partial charge in [-0.25, -0.2) is 13.9 Å². The third-order valence-electron chi connectivity index (χ3n) is 5.77. The summed E-state index contributed by atoms with van der Waals surface area (Å²) in [6.45, 7) is 0.634. The number of hydroxylamine groups is 1. The molecule has 0 spiro atoms. The molecular weight excluding hydrogens is 462 g/mol. The van der Waals surface area contributed by atoms with Gasteiger partial charge in [0.1, 0.15) is 12.4 Å². The maximum absolute atomic E-state index is 13.2. The van der Waals surface area contributed by atoms with E-state index >= 15 is 0 Å². The van der Waals surface area contributed by atoms with Gasteiger partial charge in [0.05, 0.1) is 11.4 Å². The predicted octanol–water partition coefficient (Wildman–Crippen LogP) is 1.39. The molecular formula is C23H29N3O7S. The summed E-state index contributed by atoms with van der Waals surface area (Å²) in [6, 6.07) is 12.9. The molecule has 2 aromatic rings. The number of sulfone groups is 1. The largest absolute Gasteiger partial charge is 0.492 e. The molecule has 0 unspecified atom stereocenters. The van der Waals surface area contributed by atoms with Crippen molar-refractivity contribution < 1.29 is 32.7 Å². The van der Waals surface area contributed by atoms with Crippen molar-refractivity contribution in [3.63, 3.8) is 0 Å². The third kappa shape index (κ3) is 5.32. The third-order valence-corrected chi connectivity index (χ3v) is 8.28. The lowest BCUT2D eigenvalue weighted by Gasteiger charge is -2.34. The molecule has 2 aromatic carbocycles. The molecule has 3 rings (SSSR count). The van der Waals surface area contributed by atoms with Crippen LogP contribution < -0.4 is 20.4 Å². The molecule has 2 amide bonds. The van der Waals surface area contributed by atoms with Gasteiger partial charge in [-0.1, -0.05) is 0 Å². The second-order valence-electron chi connectivity index (χ2n) is 8.07. The Morgan fingerprint density at radius 3 is 2.24 bits per heavy atom. The van der Waals surface area contributed by atoms with Gasteiger partial charge < -0.3 is 19.7 Å². The van der Waals surface area contributed by atoms with Gasteiger partial charge in [0.25, 0.3) is 11.8 Å². The maximum Gasteiger partial charge on any atom is 0.265 e. The molecule has 1 aliphatic heterocycles. The minimum Gasteiger partial charge on any atom is -0.492 e. The van der Waals surface area contributed by atoms with Crippen molar-refractivity contribution in [2.75, 3.05) is 45.4 Å². The number of nitrogens with zero attached hydrogens (tertiary/aromatic N) is 1. The van der Waals surface area contributed by atoms with E-state index in [1.807, 2.05) is 31.1 Å². The molecule has 0 bridgehead atoms. The van der Waals surface area contributed by atoms with E-state index in [2.05, 4.69) is 5.32 Å². The van der Waals surface area contributed by atoms with Crippen molar-refractivity contribution >= 4 is 27.3 Å². The van der Waals surface area contributed by atoms with Crippen molar-refractivity contribution in [1.82, 2.24) is 10.8 Å². The van der Waals surface area contributed by atoms with Crippen LogP contribution in [0.15, 0.2) is 53.4 Å². The predicted molar refractivity (Wildman–Crippen MR) is 125 cm³/mol. The Balaban J connectivity index is 1.57. The second kappa shape index (κ2) is 10.9. The molecule has 34 heavy (non-hydrogen) atoms. The Kier molecular flexibility index (Phi) is 8.13. The molecule has 10 nitrogen and oxygen atoms in total. The fourth-order valence-electron chi connectivity index (χ4n) is 3.71. The molecule has 0 aromatic heterocycles. The number of hydrogen-bond donors (Lipinski definition) is 3. The molecule has 1 aliphatic rings. The van der Waals surface area contributed by atoms with E-state index in [9.17, 15) is 18.0 Å². The molecule has 11 heteroatoms. The topological polar surface area (TPSA) is 134 Å². The van der Waals surface area contributed by atoms with Crippen LogP contribution in [0.2, 0.25) is 0 Å². The monoisotopic (exact) mass is 491 g/mol. The highest BCUT2D eigenvalue weighted by molar-refractivity contribution is 7.93. The maximum atomic E-state index is 13.2. The summed E-state index contributed by atoms with van der Waals surface area (Å²) >= 11 is 0. The fraction of sp³-hybridized carbons (Fsp3) is 0.391. The first-order chi connectivity index (χ1) is 16.2. The highest BCUT2D eigenvalue weighted by Gasteiger charge is 2.52. The lowest BCUT2D eigenvalue weighted by molar-refractivity contribution is -0.134. The number of benzene rings is 2. The Morgan fingerprint density at radius 1 is 1.06 bits per heavy atom. The lowest BCUT2D eigenvalue weighted by atomic mass is 9.98. The van der Waals surface area contributed by atoms with Gasteiger partial charge in [0, 0.05) is 38.6 Å². The molecule has 184 valence electrons. The number of amides is 2. The average molecular weight is 492 g/mol. The fourth-order valence-corrected chi connectivity index (χ4v) is 5.65. The van der Waals surface area contributed by atoms with Crippen LogP contribution in [0.25, 0.3) is 0 Å². The quantitative estimate of drug-likeness (QED) is 0.272. The number of carbonyl (C=O) groups excluding carboxylic acids is 2. The van der Waals surface area contributed by atoms with Crippen LogP contribution in [-0.4, -0.2) is 70.6 Å². The van der Waals surface area contributed by atoms with E-state index in [0.29, 0.717) is 11.3 Å². The molecule has 0 radical (unpaired) electrons. The molecule has 1 saturated heterocycles. The Labute approximate surface area is 198 Å². The van der Waals surface area contributed by atoms with Gasteiger partial charge >= 0.3 is 0 Å². The van der Waals surface area contributed by atoms with E-state index < -0.39 is 20.5 Å².